The van der Waals surface area contributed by atoms with Gasteiger partial charge in [0, 0.05) is 25.8 Å². The summed E-state index contributed by atoms with van der Waals surface area (Å²) in [5.74, 6) is 0.592. The normalized spacial score (nSPS) is 17.7. The minimum atomic E-state index is -3.78. The number of nitrogens with one attached hydrogen (secondary N) is 1. The summed E-state index contributed by atoms with van der Waals surface area (Å²) in [6, 6.07) is 3.39. The number of imidazole rings is 1. The van der Waals surface area contributed by atoms with Gasteiger partial charge in [0.05, 0.1) is 24.1 Å². The highest BCUT2D eigenvalue weighted by molar-refractivity contribution is 7.92. The second kappa shape index (κ2) is 8.17. The Hall–Kier alpha value is -2.62. The molecule has 0 bridgehead atoms. The van der Waals surface area contributed by atoms with Gasteiger partial charge >= 0.3 is 0 Å². The zero-order chi connectivity index (χ0) is 20.3. The van der Waals surface area contributed by atoms with Gasteiger partial charge in [0.25, 0.3) is 10.0 Å². The Kier molecular flexibility index (Phi) is 5.87. The SMILES string of the molecule is CC(C)Cn1cnc(S(=O)(=O)Nc2ccc(N3CCC[C@@H](C(N)=O)C3)nc2)c1. The van der Waals surface area contributed by atoms with Gasteiger partial charge in [-0.05, 0) is 30.9 Å². The number of carbonyl (C=O) groups is 1. The largest absolute Gasteiger partial charge is 0.369 e. The van der Waals surface area contributed by atoms with E-state index in [-0.39, 0.29) is 16.9 Å². The van der Waals surface area contributed by atoms with Crippen molar-refractivity contribution < 1.29 is 13.2 Å². The van der Waals surface area contributed by atoms with Gasteiger partial charge in [0.15, 0.2) is 5.03 Å². The first-order valence-corrected chi connectivity index (χ1v) is 10.8. The molecule has 0 saturated carbocycles. The number of piperidine rings is 1. The molecule has 9 nitrogen and oxygen atoms in total. The van der Waals surface area contributed by atoms with E-state index in [9.17, 15) is 13.2 Å². The maximum absolute atomic E-state index is 12.5. The van der Waals surface area contributed by atoms with E-state index in [4.69, 9.17) is 5.73 Å². The molecule has 3 N–H and O–H groups in total. The van der Waals surface area contributed by atoms with Crippen molar-refractivity contribution in [1.29, 1.82) is 0 Å². The summed E-state index contributed by atoms with van der Waals surface area (Å²) in [7, 11) is -3.78. The number of aromatic nitrogens is 3. The van der Waals surface area contributed by atoms with E-state index in [1.165, 1.54) is 18.7 Å². The number of primary amides is 1. The first-order valence-electron chi connectivity index (χ1n) is 9.29. The summed E-state index contributed by atoms with van der Waals surface area (Å²) >= 11 is 0. The summed E-state index contributed by atoms with van der Waals surface area (Å²) in [6.07, 6.45) is 6.14. The van der Waals surface area contributed by atoms with Crippen molar-refractivity contribution in [2.24, 2.45) is 17.6 Å². The van der Waals surface area contributed by atoms with Crippen molar-refractivity contribution in [2.45, 2.75) is 38.3 Å². The van der Waals surface area contributed by atoms with Crippen LogP contribution in [-0.2, 0) is 21.4 Å². The fraction of sp³-hybridized carbons (Fsp3) is 0.500. The smallest absolute Gasteiger partial charge is 0.280 e. The molecule has 1 amide bonds. The number of nitrogens with zero attached hydrogens (tertiary/aromatic N) is 4. The van der Waals surface area contributed by atoms with Gasteiger partial charge < -0.3 is 15.2 Å². The number of amides is 1. The monoisotopic (exact) mass is 406 g/mol. The quantitative estimate of drug-likeness (QED) is 0.717. The van der Waals surface area contributed by atoms with E-state index in [0.29, 0.717) is 30.5 Å². The van der Waals surface area contributed by atoms with E-state index < -0.39 is 10.0 Å². The van der Waals surface area contributed by atoms with Gasteiger partial charge in [-0.3, -0.25) is 9.52 Å². The lowest BCUT2D eigenvalue weighted by Gasteiger charge is -2.32. The minimum Gasteiger partial charge on any atom is -0.369 e. The maximum atomic E-state index is 12.5. The Morgan fingerprint density at radius 2 is 2.14 bits per heavy atom. The van der Waals surface area contributed by atoms with E-state index >= 15 is 0 Å². The fourth-order valence-corrected chi connectivity index (χ4v) is 4.25. The van der Waals surface area contributed by atoms with Crippen molar-refractivity contribution in [3.05, 3.63) is 30.9 Å². The Bertz CT molecular complexity index is 923. The molecule has 1 saturated heterocycles. The van der Waals surface area contributed by atoms with Crippen LogP contribution in [-0.4, -0.2) is 41.9 Å². The Morgan fingerprint density at radius 1 is 1.36 bits per heavy atom. The molecule has 0 spiro atoms. The molecule has 10 heteroatoms. The van der Waals surface area contributed by atoms with Crippen LogP contribution in [0, 0.1) is 11.8 Å². The topological polar surface area (TPSA) is 123 Å². The number of hydrogen-bond donors (Lipinski definition) is 2. The van der Waals surface area contributed by atoms with Crippen LogP contribution in [0.2, 0.25) is 0 Å². The van der Waals surface area contributed by atoms with Gasteiger partial charge in [-0.1, -0.05) is 13.8 Å². The lowest BCUT2D eigenvalue weighted by molar-refractivity contribution is -0.122. The molecule has 1 aliphatic heterocycles. The molecule has 3 rings (SSSR count). The molecular formula is C18H26N6O3S. The van der Waals surface area contributed by atoms with E-state index in [1.54, 1.807) is 16.7 Å². The summed E-state index contributed by atoms with van der Waals surface area (Å²) in [4.78, 5) is 21.8. The van der Waals surface area contributed by atoms with Crippen molar-refractivity contribution in [3.63, 3.8) is 0 Å². The Morgan fingerprint density at radius 3 is 2.79 bits per heavy atom. The van der Waals surface area contributed by atoms with Crippen LogP contribution in [0.3, 0.4) is 0 Å². The number of hydrogen-bond acceptors (Lipinski definition) is 6. The predicted molar refractivity (Wildman–Crippen MR) is 106 cm³/mol. The number of nitrogens with two attached hydrogens (primary N) is 1. The number of pyridine rings is 1. The van der Waals surface area contributed by atoms with Crippen LogP contribution in [0.25, 0.3) is 0 Å². The lowest BCUT2D eigenvalue weighted by atomic mass is 9.97. The molecule has 0 unspecified atom stereocenters. The van der Waals surface area contributed by atoms with Gasteiger partial charge in [-0.2, -0.15) is 8.42 Å². The first-order chi connectivity index (χ1) is 13.2. The molecule has 2 aromatic heterocycles. The van der Waals surface area contributed by atoms with Crippen molar-refractivity contribution in [3.8, 4) is 0 Å². The molecule has 0 aliphatic carbocycles. The number of rotatable bonds is 7. The average molecular weight is 407 g/mol. The zero-order valence-electron chi connectivity index (χ0n) is 16.1. The van der Waals surface area contributed by atoms with Crippen molar-refractivity contribution in [1.82, 2.24) is 14.5 Å². The summed E-state index contributed by atoms with van der Waals surface area (Å²) in [6.45, 7) is 6.11. The second-order valence-corrected chi connectivity index (χ2v) is 9.13. The Labute approximate surface area is 165 Å². The summed E-state index contributed by atoms with van der Waals surface area (Å²) < 4.78 is 29.3. The summed E-state index contributed by atoms with van der Waals surface area (Å²) in [5.41, 5.74) is 5.77. The first kappa shape index (κ1) is 20.1. The van der Waals surface area contributed by atoms with Crippen LogP contribution in [0.4, 0.5) is 11.5 Å². The molecule has 0 aromatic carbocycles. The van der Waals surface area contributed by atoms with Gasteiger partial charge in [0.1, 0.15) is 5.82 Å². The zero-order valence-corrected chi connectivity index (χ0v) is 16.9. The van der Waals surface area contributed by atoms with E-state index in [1.807, 2.05) is 18.7 Å². The number of sulfonamides is 1. The predicted octanol–water partition coefficient (Wildman–Crippen LogP) is 1.44. The molecule has 1 aliphatic rings. The van der Waals surface area contributed by atoms with Gasteiger partial charge in [-0.25, -0.2) is 9.97 Å². The van der Waals surface area contributed by atoms with Crippen molar-refractivity contribution >= 4 is 27.4 Å². The van der Waals surface area contributed by atoms with Crippen LogP contribution < -0.4 is 15.4 Å². The highest BCUT2D eigenvalue weighted by Gasteiger charge is 2.25. The maximum Gasteiger partial charge on any atom is 0.280 e. The second-order valence-electron chi connectivity index (χ2n) is 7.50. The van der Waals surface area contributed by atoms with Crippen LogP contribution in [0.5, 0.6) is 0 Å². The standard InChI is InChI=1S/C18H26N6O3S/c1-13(2)9-23-11-17(21-12-23)28(26,27)22-15-5-6-16(20-8-15)24-7-3-4-14(10-24)18(19)25/h5-6,8,11-14,22H,3-4,7,9-10H2,1-2H3,(H2,19,25)/t14-/m1/s1. The van der Waals surface area contributed by atoms with Gasteiger partial charge in [-0.15, -0.1) is 0 Å². The molecular weight excluding hydrogens is 380 g/mol. The number of carbonyl (C=O) groups excluding carboxylic acids is 1. The third-order valence-corrected chi connectivity index (χ3v) is 5.87. The van der Waals surface area contributed by atoms with Crippen LogP contribution >= 0.6 is 0 Å². The summed E-state index contributed by atoms with van der Waals surface area (Å²) in [5, 5.41) is -0.0300. The third-order valence-electron chi connectivity index (χ3n) is 4.61. The lowest BCUT2D eigenvalue weighted by Crippen LogP contribution is -2.41. The molecule has 1 fully saturated rings. The number of anilines is 2. The average Bonchev–Trinajstić information content (AvgIpc) is 3.11. The van der Waals surface area contributed by atoms with E-state index in [2.05, 4.69) is 14.7 Å². The molecule has 2 aromatic rings. The highest BCUT2D eigenvalue weighted by Crippen LogP contribution is 2.23. The van der Waals surface area contributed by atoms with Crippen molar-refractivity contribution in [2.75, 3.05) is 22.7 Å². The van der Waals surface area contributed by atoms with Crippen LogP contribution in [0.15, 0.2) is 35.9 Å². The highest BCUT2D eigenvalue weighted by atomic mass is 32.2. The fourth-order valence-electron chi connectivity index (χ4n) is 3.26. The van der Waals surface area contributed by atoms with Crippen LogP contribution in [0.1, 0.15) is 26.7 Å². The molecule has 1 atom stereocenters. The molecule has 28 heavy (non-hydrogen) atoms. The third kappa shape index (κ3) is 4.80. The van der Waals surface area contributed by atoms with E-state index in [0.717, 1.165) is 19.4 Å². The Balaban J connectivity index is 1.68. The molecule has 0 radical (unpaired) electrons. The molecule has 3 heterocycles. The van der Waals surface area contributed by atoms with Gasteiger partial charge in [0.2, 0.25) is 5.91 Å². The minimum absolute atomic E-state index is 0.0300. The molecule has 152 valence electrons.